The summed E-state index contributed by atoms with van der Waals surface area (Å²) in [6.45, 7) is 0. The SMILES string of the molecule is c1ccc(-c2ccc(C3N=C(c4ccc5ccccc5c4)NC(c4cc(-c5ccccc5)cc5oc6ccccc6c45)=N3)cc2)cc1. The van der Waals surface area contributed by atoms with Gasteiger partial charge in [0.2, 0.25) is 0 Å². The summed E-state index contributed by atoms with van der Waals surface area (Å²) in [4.78, 5) is 10.5. The lowest BCUT2D eigenvalue weighted by molar-refractivity contribution is 0.669. The standard InChI is InChI=1S/C43H29N3O/c1-3-11-28(12-4-1)31-19-22-32(23-20-31)41-44-42(34-24-21-30-15-7-8-16-33(30)25-34)46-43(45-41)37-26-35(29-13-5-2-6-14-29)27-39-40(37)36-17-9-10-18-38(36)47-39/h1-27,41H,(H,44,45,46). The zero-order chi connectivity index (χ0) is 31.2. The number of fused-ring (bicyclic) bond motifs is 4. The first kappa shape index (κ1) is 27.1. The zero-order valence-corrected chi connectivity index (χ0v) is 25.5. The summed E-state index contributed by atoms with van der Waals surface area (Å²) in [7, 11) is 0. The van der Waals surface area contributed by atoms with Crippen LogP contribution in [0, 0.1) is 0 Å². The lowest BCUT2D eigenvalue weighted by Gasteiger charge is -2.23. The fraction of sp³-hybridized carbons (Fsp3) is 0.0233. The molecule has 4 nitrogen and oxygen atoms in total. The summed E-state index contributed by atoms with van der Waals surface area (Å²) in [6, 6.07) is 56.9. The van der Waals surface area contributed by atoms with Crippen LogP contribution in [0.4, 0.5) is 0 Å². The van der Waals surface area contributed by atoms with Crippen LogP contribution >= 0.6 is 0 Å². The third kappa shape index (κ3) is 4.97. The average molecular weight is 604 g/mol. The van der Waals surface area contributed by atoms with Gasteiger partial charge >= 0.3 is 0 Å². The molecule has 0 saturated carbocycles. The number of benzene rings is 7. The van der Waals surface area contributed by atoms with Crippen molar-refractivity contribution in [1.82, 2.24) is 5.32 Å². The van der Waals surface area contributed by atoms with Crippen LogP contribution in [0.5, 0.6) is 0 Å². The molecule has 4 heteroatoms. The first-order valence-corrected chi connectivity index (χ1v) is 15.9. The topological polar surface area (TPSA) is 49.9 Å². The number of nitrogens with zero attached hydrogens (tertiary/aromatic N) is 2. The van der Waals surface area contributed by atoms with Crippen molar-refractivity contribution in [2.45, 2.75) is 6.17 Å². The fourth-order valence-corrected chi connectivity index (χ4v) is 6.54. The predicted molar refractivity (Wildman–Crippen MR) is 194 cm³/mol. The lowest BCUT2D eigenvalue weighted by Crippen LogP contribution is -2.36. The maximum Gasteiger partial charge on any atom is 0.169 e. The molecule has 1 aliphatic heterocycles. The van der Waals surface area contributed by atoms with Crippen LogP contribution in [-0.4, -0.2) is 11.7 Å². The van der Waals surface area contributed by atoms with Crippen molar-refractivity contribution in [3.63, 3.8) is 0 Å². The number of furan rings is 1. The van der Waals surface area contributed by atoms with Gasteiger partial charge in [-0.15, -0.1) is 0 Å². The summed E-state index contributed by atoms with van der Waals surface area (Å²) in [6.07, 6.45) is -0.439. The maximum atomic E-state index is 6.46. The smallest absolute Gasteiger partial charge is 0.169 e. The van der Waals surface area contributed by atoms with Crippen molar-refractivity contribution in [1.29, 1.82) is 0 Å². The van der Waals surface area contributed by atoms with Crippen LogP contribution in [-0.2, 0) is 0 Å². The van der Waals surface area contributed by atoms with E-state index in [1.165, 1.54) is 10.9 Å². The highest BCUT2D eigenvalue weighted by Gasteiger charge is 2.24. The van der Waals surface area contributed by atoms with E-state index in [1.807, 2.05) is 24.3 Å². The Morgan fingerprint density at radius 2 is 1.06 bits per heavy atom. The van der Waals surface area contributed by atoms with Gasteiger partial charge in [0.1, 0.15) is 22.8 Å². The first-order chi connectivity index (χ1) is 23.3. The predicted octanol–water partition coefficient (Wildman–Crippen LogP) is 10.6. The molecule has 9 rings (SSSR count). The van der Waals surface area contributed by atoms with Crippen LogP contribution < -0.4 is 5.32 Å². The molecule has 222 valence electrons. The minimum absolute atomic E-state index is 0.439. The molecule has 1 N–H and O–H groups in total. The number of nitrogens with one attached hydrogen (secondary N) is 1. The Morgan fingerprint density at radius 3 is 1.85 bits per heavy atom. The van der Waals surface area contributed by atoms with Gasteiger partial charge in [-0.05, 0) is 62.9 Å². The lowest BCUT2D eigenvalue weighted by atomic mass is 9.97. The number of aliphatic imine (C=N–C) groups is 2. The van der Waals surface area contributed by atoms with Gasteiger partial charge in [-0.3, -0.25) is 0 Å². The van der Waals surface area contributed by atoms with E-state index in [0.717, 1.165) is 72.4 Å². The van der Waals surface area contributed by atoms with Gasteiger partial charge in [0.05, 0.1) is 0 Å². The highest BCUT2D eigenvalue weighted by molar-refractivity contribution is 6.24. The van der Waals surface area contributed by atoms with Crippen molar-refractivity contribution >= 4 is 44.4 Å². The molecule has 0 saturated heterocycles. The number of amidine groups is 2. The second-order valence-corrected chi connectivity index (χ2v) is 11.9. The molecule has 1 unspecified atom stereocenters. The number of hydrogen-bond donors (Lipinski definition) is 1. The third-order valence-corrected chi connectivity index (χ3v) is 8.92. The highest BCUT2D eigenvalue weighted by Crippen LogP contribution is 2.37. The van der Waals surface area contributed by atoms with E-state index in [2.05, 4.69) is 145 Å². The molecule has 1 atom stereocenters. The molecule has 0 aliphatic carbocycles. The van der Waals surface area contributed by atoms with Crippen LogP contribution in [0.2, 0.25) is 0 Å². The Balaban J connectivity index is 1.23. The maximum absolute atomic E-state index is 6.46. The molecule has 1 aromatic heterocycles. The highest BCUT2D eigenvalue weighted by atomic mass is 16.3. The molecular weight excluding hydrogens is 574 g/mol. The first-order valence-electron chi connectivity index (χ1n) is 15.9. The molecule has 0 bridgehead atoms. The van der Waals surface area contributed by atoms with Gasteiger partial charge in [-0.25, -0.2) is 9.98 Å². The van der Waals surface area contributed by atoms with Gasteiger partial charge in [0.25, 0.3) is 0 Å². The summed E-state index contributed by atoms with van der Waals surface area (Å²) >= 11 is 0. The van der Waals surface area contributed by atoms with Crippen LogP contribution in [0.3, 0.4) is 0 Å². The second kappa shape index (κ2) is 11.3. The van der Waals surface area contributed by atoms with E-state index in [4.69, 9.17) is 14.4 Å². The summed E-state index contributed by atoms with van der Waals surface area (Å²) in [5.41, 5.74) is 9.20. The molecule has 0 fully saturated rings. The van der Waals surface area contributed by atoms with Crippen molar-refractivity contribution in [3.05, 3.63) is 180 Å². The number of rotatable bonds is 5. The minimum atomic E-state index is -0.439. The van der Waals surface area contributed by atoms with E-state index in [1.54, 1.807) is 0 Å². The number of para-hydroxylation sites is 1. The summed E-state index contributed by atoms with van der Waals surface area (Å²) < 4.78 is 6.46. The van der Waals surface area contributed by atoms with E-state index in [9.17, 15) is 0 Å². The third-order valence-electron chi connectivity index (χ3n) is 8.92. The Hall–Kier alpha value is -6.26. The molecule has 8 aromatic rings. The van der Waals surface area contributed by atoms with Crippen LogP contribution in [0.25, 0.3) is 55.0 Å². The van der Waals surface area contributed by atoms with E-state index < -0.39 is 6.17 Å². The zero-order valence-electron chi connectivity index (χ0n) is 25.5. The van der Waals surface area contributed by atoms with Crippen LogP contribution in [0.15, 0.2) is 178 Å². The van der Waals surface area contributed by atoms with Crippen LogP contribution in [0.1, 0.15) is 22.9 Å². The summed E-state index contributed by atoms with van der Waals surface area (Å²) in [5, 5.41) is 8.11. The van der Waals surface area contributed by atoms with Crippen molar-refractivity contribution in [2.75, 3.05) is 0 Å². The molecule has 0 spiro atoms. The Labute approximate surface area is 272 Å². The van der Waals surface area contributed by atoms with Crippen molar-refractivity contribution in [3.8, 4) is 22.3 Å². The van der Waals surface area contributed by atoms with Gasteiger partial charge < -0.3 is 9.73 Å². The normalized spacial score (nSPS) is 14.6. The van der Waals surface area contributed by atoms with Gasteiger partial charge in [0.15, 0.2) is 6.17 Å². The van der Waals surface area contributed by atoms with E-state index in [-0.39, 0.29) is 0 Å². The molecule has 7 aromatic carbocycles. The van der Waals surface area contributed by atoms with Gasteiger partial charge in [0, 0.05) is 21.9 Å². The molecule has 0 radical (unpaired) electrons. The Bertz CT molecular complexity index is 2480. The van der Waals surface area contributed by atoms with Gasteiger partial charge in [-0.2, -0.15) is 0 Å². The molecule has 2 heterocycles. The summed E-state index contributed by atoms with van der Waals surface area (Å²) in [5.74, 6) is 1.54. The Kier molecular flexibility index (Phi) is 6.50. The van der Waals surface area contributed by atoms with Crippen molar-refractivity contribution in [2.24, 2.45) is 9.98 Å². The largest absolute Gasteiger partial charge is 0.456 e. The van der Waals surface area contributed by atoms with E-state index >= 15 is 0 Å². The van der Waals surface area contributed by atoms with Crippen molar-refractivity contribution < 1.29 is 4.42 Å². The number of hydrogen-bond acceptors (Lipinski definition) is 4. The molecule has 47 heavy (non-hydrogen) atoms. The Morgan fingerprint density at radius 1 is 0.447 bits per heavy atom. The molecular formula is C43H29N3O. The molecule has 1 aliphatic rings. The molecule has 0 amide bonds. The minimum Gasteiger partial charge on any atom is -0.456 e. The average Bonchev–Trinajstić information content (AvgIpc) is 3.53. The quantitative estimate of drug-likeness (QED) is 0.213. The second-order valence-electron chi connectivity index (χ2n) is 11.9. The van der Waals surface area contributed by atoms with Gasteiger partial charge in [-0.1, -0.05) is 140 Å². The monoisotopic (exact) mass is 603 g/mol. The van der Waals surface area contributed by atoms with E-state index in [0.29, 0.717) is 0 Å². The fourth-order valence-electron chi connectivity index (χ4n) is 6.54.